The average Bonchev–Trinajstić information content (AvgIpc) is 2.66. The zero-order valence-corrected chi connectivity index (χ0v) is 15.7. The zero-order chi connectivity index (χ0) is 18.6. The van der Waals surface area contributed by atoms with Crippen LogP contribution < -0.4 is 16.0 Å². The molecule has 0 atom stereocenters. The molecule has 2 rings (SSSR count). The molecule has 0 spiro atoms. The van der Waals surface area contributed by atoms with Crippen molar-refractivity contribution in [2.45, 2.75) is 26.4 Å². The normalized spacial score (nSPS) is 11.1. The fourth-order valence-corrected chi connectivity index (χ4v) is 2.51. The number of guanidine groups is 1. The molecule has 0 fully saturated rings. The second-order valence-corrected chi connectivity index (χ2v) is 6.13. The molecule has 0 aliphatic heterocycles. The number of nitrogens with zero attached hydrogens (tertiary/aromatic N) is 1. The van der Waals surface area contributed by atoms with Crippen LogP contribution in [0.25, 0.3) is 0 Å². The first-order chi connectivity index (χ1) is 12.7. The van der Waals surface area contributed by atoms with Gasteiger partial charge in [-0.1, -0.05) is 60.1 Å². The van der Waals surface area contributed by atoms with Gasteiger partial charge in [0.15, 0.2) is 5.96 Å². The molecular formula is C20H25ClN4O. The average molecular weight is 373 g/mol. The summed E-state index contributed by atoms with van der Waals surface area (Å²) in [6.45, 7) is 4.28. The van der Waals surface area contributed by atoms with Crippen molar-refractivity contribution in [1.29, 1.82) is 0 Å². The first-order valence-corrected chi connectivity index (χ1v) is 9.13. The first kappa shape index (κ1) is 19.8. The van der Waals surface area contributed by atoms with E-state index in [0.717, 1.165) is 17.7 Å². The quantitative estimate of drug-likeness (QED) is 0.492. The second-order valence-electron chi connectivity index (χ2n) is 5.73. The first-order valence-electron chi connectivity index (χ1n) is 8.75. The predicted octanol–water partition coefficient (Wildman–Crippen LogP) is 3.10. The Morgan fingerprint density at radius 2 is 1.73 bits per heavy atom. The maximum Gasteiger partial charge on any atom is 0.222 e. The number of benzene rings is 2. The highest BCUT2D eigenvalue weighted by Crippen LogP contribution is 2.15. The number of rotatable bonds is 8. The zero-order valence-electron chi connectivity index (χ0n) is 15.0. The molecule has 3 N–H and O–H groups in total. The van der Waals surface area contributed by atoms with Gasteiger partial charge in [-0.2, -0.15) is 0 Å². The van der Waals surface area contributed by atoms with Crippen LogP contribution in [0.3, 0.4) is 0 Å². The lowest BCUT2D eigenvalue weighted by Gasteiger charge is -2.12. The van der Waals surface area contributed by atoms with Crippen molar-refractivity contribution in [3.63, 3.8) is 0 Å². The molecule has 0 bridgehead atoms. The number of amides is 1. The Kier molecular flexibility index (Phi) is 8.49. The number of nitrogens with one attached hydrogen (secondary N) is 3. The number of aliphatic imine (C=N–C) groups is 1. The monoisotopic (exact) mass is 372 g/mol. The Bertz CT molecular complexity index is 719. The van der Waals surface area contributed by atoms with E-state index in [0.29, 0.717) is 37.0 Å². The molecule has 0 heterocycles. The van der Waals surface area contributed by atoms with Gasteiger partial charge in [0, 0.05) is 31.1 Å². The van der Waals surface area contributed by atoms with E-state index in [4.69, 9.17) is 11.6 Å². The topological polar surface area (TPSA) is 65.5 Å². The molecule has 138 valence electrons. The van der Waals surface area contributed by atoms with Crippen molar-refractivity contribution in [3.8, 4) is 0 Å². The lowest BCUT2D eigenvalue weighted by molar-refractivity contribution is -0.121. The van der Waals surface area contributed by atoms with Gasteiger partial charge < -0.3 is 16.0 Å². The van der Waals surface area contributed by atoms with Gasteiger partial charge in [-0.3, -0.25) is 4.79 Å². The van der Waals surface area contributed by atoms with E-state index >= 15 is 0 Å². The lowest BCUT2D eigenvalue weighted by atomic mass is 10.2. The molecule has 0 unspecified atom stereocenters. The van der Waals surface area contributed by atoms with Crippen molar-refractivity contribution in [2.24, 2.45) is 4.99 Å². The van der Waals surface area contributed by atoms with E-state index in [1.807, 2.05) is 61.5 Å². The summed E-state index contributed by atoms with van der Waals surface area (Å²) >= 11 is 6.15. The van der Waals surface area contributed by atoms with Crippen molar-refractivity contribution < 1.29 is 4.79 Å². The third kappa shape index (κ3) is 7.15. The minimum atomic E-state index is 0.00306. The van der Waals surface area contributed by atoms with Crippen molar-refractivity contribution in [2.75, 3.05) is 13.1 Å². The minimum absolute atomic E-state index is 0.00306. The van der Waals surface area contributed by atoms with Crippen LogP contribution in [0.4, 0.5) is 0 Å². The number of halogens is 1. The number of hydrogen-bond donors (Lipinski definition) is 3. The number of carbonyl (C=O) groups excluding carboxylic acids is 1. The van der Waals surface area contributed by atoms with Crippen LogP contribution in [-0.4, -0.2) is 25.0 Å². The van der Waals surface area contributed by atoms with Gasteiger partial charge in [-0.05, 0) is 24.1 Å². The van der Waals surface area contributed by atoms with Gasteiger partial charge in [0.1, 0.15) is 0 Å². The predicted molar refractivity (Wildman–Crippen MR) is 107 cm³/mol. The van der Waals surface area contributed by atoms with Crippen LogP contribution in [-0.2, 0) is 17.9 Å². The van der Waals surface area contributed by atoms with Crippen molar-refractivity contribution in [3.05, 3.63) is 70.7 Å². The highest BCUT2D eigenvalue weighted by atomic mass is 35.5. The molecule has 0 saturated heterocycles. The number of carbonyl (C=O) groups is 1. The molecule has 1 amide bonds. The molecule has 2 aromatic carbocycles. The molecule has 26 heavy (non-hydrogen) atoms. The molecule has 0 aromatic heterocycles. The Morgan fingerprint density at radius 1 is 1.00 bits per heavy atom. The Hall–Kier alpha value is -2.53. The smallest absolute Gasteiger partial charge is 0.222 e. The lowest BCUT2D eigenvalue weighted by Crippen LogP contribution is -2.39. The van der Waals surface area contributed by atoms with Gasteiger partial charge in [-0.25, -0.2) is 4.99 Å². The molecule has 0 saturated carbocycles. The summed E-state index contributed by atoms with van der Waals surface area (Å²) in [6.07, 6.45) is 0.378. The largest absolute Gasteiger partial charge is 0.357 e. The van der Waals surface area contributed by atoms with Crippen molar-refractivity contribution >= 4 is 23.5 Å². The fraction of sp³-hybridized carbons (Fsp3) is 0.300. The van der Waals surface area contributed by atoms with E-state index in [-0.39, 0.29) is 5.91 Å². The molecule has 0 aliphatic carbocycles. The van der Waals surface area contributed by atoms with E-state index < -0.39 is 0 Å². The third-order valence-electron chi connectivity index (χ3n) is 3.69. The summed E-state index contributed by atoms with van der Waals surface area (Å²) < 4.78 is 0. The highest BCUT2D eigenvalue weighted by Gasteiger charge is 2.04. The van der Waals surface area contributed by atoms with Gasteiger partial charge in [0.05, 0.1) is 6.54 Å². The summed E-state index contributed by atoms with van der Waals surface area (Å²) in [7, 11) is 0. The Labute approximate surface area is 159 Å². The van der Waals surface area contributed by atoms with E-state index in [9.17, 15) is 4.79 Å². The van der Waals surface area contributed by atoms with Gasteiger partial charge in [0.2, 0.25) is 5.91 Å². The molecular weight excluding hydrogens is 348 g/mol. The van der Waals surface area contributed by atoms with Crippen LogP contribution in [0, 0.1) is 0 Å². The van der Waals surface area contributed by atoms with Crippen LogP contribution in [0.1, 0.15) is 24.5 Å². The summed E-state index contributed by atoms with van der Waals surface area (Å²) in [5.74, 6) is 0.673. The summed E-state index contributed by atoms with van der Waals surface area (Å²) in [4.78, 5) is 16.5. The van der Waals surface area contributed by atoms with E-state index in [2.05, 4.69) is 20.9 Å². The van der Waals surface area contributed by atoms with E-state index in [1.54, 1.807) is 0 Å². The maximum atomic E-state index is 12.0. The SMILES string of the molecule is CCNC(=NCc1ccccc1Cl)NCCC(=O)NCc1ccccc1. The maximum absolute atomic E-state index is 12.0. The molecule has 2 aromatic rings. The number of hydrogen-bond acceptors (Lipinski definition) is 2. The third-order valence-corrected chi connectivity index (χ3v) is 4.06. The second kappa shape index (κ2) is 11.2. The molecule has 5 nitrogen and oxygen atoms in total. The molecule has 0 radical (unpaired) electrons. The van der Waals surface area contributed by atoms with Gasteiger partial charge in [0.25, 0.3) is 0 Å². The van der Waals surface area contributed by atoms with Crippen LogP contribution in [0.15, 0.2) is 59.6 Å². The van der Waals surface area contributed by atoms with Gasteiger partial charge >= 0.3 is 0 Å². The fourth-order valence-electron chi connectivity index (χ4n) is 2.31. The van der Waals surface area contributed by atoms with Gasteiger partial charge in [-0.15, -0.1) is 0 Å². The van der Waals surface area contributed by atoms with Crippen LogP contribution in [0.5, 0.6) is 0 Å². The van der Waals surface area contributed by atoms with Crippen LogP contribution >= 0.6 is 11.6 Å². The summed E-state index contributed by atoms with van der Waals surface area (Å²) in [6, 6.07) is 17.5. The Morgan fingerprint density at radius 3 is 2.46 bits per heavy atom. The van der Waals surface area contributed by atoms with Crippen molar-refractivity contribution in [1.82, 2.24) is 16.0 Å². The highest BCUT2D eigenvalue weighted by molar-refractivity contribution is 6.31. The standard InChI is InChI=1S/C20H25ClN4O/c1-2-22-20(25-15-17-10-6-7-11-18(17)21)23-13-12-19(26)24-14-16-8-4-3-5-9-16/h3-11H,2,12-15H2,1H3,(H,24,26)(H2,22,23,25). The Balaban J connectivity index is 1.76. The summed E-state index contributed by atoms with van der Waals surface area (Å²) in [5.41, 5.74) is 2.05. The minimum Gasteiger partial charge on any atom is -0.357 e. The van der Waals surface area contributed by atoms with Crippen LogP contribution in [0.2, 0.25) is 5.02 Å². The summed E-state index contributed by atoms with van der Waals surface area (Å²) in [5, 5.41) is 9.96. The van der Waals surface area contributed by atoms with E-state index in [1.165, 1.54) is 0 Å². The molecule has 0 aliphatic rings. The molecule has 6 heteroatoms.